The second-order valence-corrected chi connectivity index (χ2v) is 6.19. The number of nitrogens with zero attached hydrogens (tertiary/aromatic N) is 1. The van der Waals surface area contributed by atoms with Crippen LogP contribution in [0.25, 0.3) is 0 Å². The Morgan fingerprint density at radius 3 is 2.09 bits per heavy atom. The molecule has 0 aliphatic carbocycles. The topological polar surface area (TPSA) is 54.5 Å². The van der Waals surface area contributed by atoms with Crippen LogP contribution in [0.5, 0.6) is 0 Å². The van der Waals surface area contributed by atoms with E-state index >= 15 is 0 Å². The van der Waals surface area contributed by atoms with Gasteiger partial charge in [0.1, 0.15) is 0 Å². The number of sulfonamides is 1. The molecule has 1 saturated heterocycles. The van der Waals surface area contributed by atoms with Crippen LogP contribution in [0.3, 0.4) is 0 Å². The summed E-state index contributed by atoms with van der Waals surface area (Å²) in [5.74, 6) is 0.958. The summed E-state index contributed by atoms with van der Waals surface area (Å²) in [7, 11) is -3.85. The molecule has 0 atom stereocenters. The van der Waals surface area contributed by atoms with Gasteiger partial charge >= 0.3 is 0 Å². The quantitative estimate of drug-likeness (QED) is 0.542. The predicted molar refractivity (Wildman–Crippen MR) is 44.3 cm³/mol. The lowest BCUT2D eigenvalue weighted by Crippen LogP contribution is -2.41. The molecule has 0 bridgehead atoms. The second-order valence-electron chi connectivity index (χ2n) is 2.51. The first kappa shape index (κ1) is 9.15. The van der Waals surface area contributed by atoms with Gasteiger partial charge < -0.3 is 0 Å². The molecule has 0 spiro atoms. The fourth-order valence-corrected chi connectivity index (χ4v) is 3.08. The molecule has 0 unspecified atom stereocenters. The number of rotatable bonds is 1. The van der Waals surface area contributed by atoms with E-state index in [9.17, 15) is 12.6 Å². The Morgan fingerprint density at radius 2 is 1.73 bits per heavy atom. The van der Waals surface area contributed by atoms with E-state index in [1.807, 2.05) is 0 Å². The van der Waals surface area contributed by atoms with Crippen molar-refractivity contribution in [3.05, 3.63) is 0 Å². The highest BCUT2D eigenvalue weighted by Gasteiger charge is 2.21. The summed E-state index contributed by atoms with van der Waals surface area (Å²) < 4.78 is 34.0. The van der Waals surface area contributed by atoms with Crippen molar-refractivity contribution in [1.29, 1.82) is 0 Å². The van der Waals surface area contributed by atoms with Gasteiger partial charge in [-0.1, -0.05) is 0 Å². The molecular weight excluding hydrogens is 186 g/mol. The van der Waals surface area contributed by atoms with Crippen LogP contribution in [0, 0.1) is 0 Å². The van der Waals surface area contributed by atoms with E-state index < -0.39 is 20.8 Å². The summed E-state index contributed by atoms with van der Waals surface area (Å²) in [6.07, 6.45) is 1.18. The Bertz CT molecular complexity index is 249. The molecule has 66 valence electrons. The van der Waals surface area contributed by atoms with E-state index in [1.54, 1.807) is 0 Å². The lowest BCUT2D eigenvalue weighted by atomic mass is 10.6. The van der Waals surface area contributed by atoms with E-state index in [4.69, 9.17) is 0 Å². The van der Waals surface area contributed by atoms with Gasteiger partial charge in [-0.25, -0.2) is 12.7 Å². The predicted octanol–water partition coefficient (Wildman–Crippen LogP) is -0.990. The molecule has 0 aromatic heterocycles. The maximum absolute atomic E-state index is 10.9. The standard InChI is InChI=1S/C5H11NO3S2/c1-11(8,9)6-2-4-10(7)5-3-6/h2-5H2,1H3. The van der Waals surface area contributed by atoms with Crippen molar-refractivity contribution in [2.45, 2.75) is 0 Å². The summed E-state index contributed by atoms with van der Waals surface area (Å²) in [5, 5.41) is 0. The first-order valence-corrected chi connectivity index (χ1v) is 6.64. The smallest absolute Gasteiger partial charge is 0.211 e. The number of hydrogen-bond donors (Lipinski definition) is 0. The maximum atomic E-state index is 10.9. The maximum Gasteiger partial charge on any atom is 0.211 e. The third-order valence-electron chi connectivity index (χ3n) is 1.61. The number of hydrogen-bond acceptors (Lipinski definition) is 3. The summed E-state index contributed by atoms with van der Waals surface area (Å²) >= 11 is 0. The van der Waals surface area contributed by atoms with Gasteiger partial charge in [0.15, 0.2) is 0 Å². The van der Waals surface area contributed by atoms with E-state index in [1.165, 1.54) is 10.6 Å². The zero-order valence-corrected chi connectivity index (χ0v) is 7.95. The van der Waals surface area contributed by atoms with E-state index in [2.05, 4.69) is 0 Å². The van der Waals surface area contributed by atoms with Crippen molar-refractivity contribution in [1.82, 2.24) is 4.31 Å². The minimum Gasteiger partial charge on any atom is -0.259 e. The van der Waals surface area contributed by atoms with E-state index in [0.717, 1.165) is 0 Å². The van der Waals surface area contributed by atoms with Crippen molar-refractivity contribution in [3.8, 4) is 0 Å². The van der Waals surface area contributed by atoms with Gasteiger partial charge in [-0.2, -0.15) is 0 Å². The zero-order chi connectivity index (χ0) is 8.48. The fraction of sp³-hybridized carbons (Fsp3) is 1.00. The van der Waals surface area contributed by atoms with Crippen molar-refractivity contribution < 1.29 is 12.6 Å². The Kier molecular flexibility index (Phi) is 2.66. The van der Waals surface area contributed by atoms with Gasteiger partial charge in [0.05, 0.1) is 6.26 Å². The van der Waals surface area contributed by atoms with Crippen molar-refractivity contribution in [2.24, 2.45) is 0 Å². The van der Waals surface area contributed by atoms with Crippen LogP contribution in [0.15, 0.2) is 0 Å². The molecule has 6 heteroatoms. The average molecular weight is 197 g/mol. The Balaban J connectivity index is 2.60. The van der Waals surface area contributed by atoms with Gasteiger partial charge in [0.25, 0.3) is 0 Å². The zero-order valence-electron chi connectivity index (χ0n) is 6.32. The first-order valence-electron chi connectivity index (χ1n) is 3.30. The molecule has 0 amide bonds. The van der Waals surface area contributed by atoms with Crippen molar-refractivity contribution in [3.63, 3.8) is 0 Å². The van der Waals surface area contributed by atoms with Crippen LogP contribution in [0.1, 0.15) is 0 Å². The first-order chi connectivity index (χ1) is 5.00. The minimum absolute atomic E-state index is 0.408. The van der Waals surface area contributed by atoms with Crippen LogP contribution in [-0.4, -0.2) is 47.8 Å². The van der Waals surface area contributed by atoms with Crippen LogP contribution in [0.2, 0.25) is 0 Å². The summed E-state index contributed by atoms with van der Waals surface area (Å²) in [5.41, 5.74) is 0. The summed E-state index contributed by atoms with van der Waals surface area (Å²) in [6, 6.07) is 0. The molecule has 0 aromatic rings. The van der Waals surface area contributed by atoms with E-state index in [0.29, 0.717) is 24.6 Å². The minimum atomic E-state index is -3.05. The Labute approximate surface area is 69.1 Å². The highest BCUT2D eigenvalue weighted by molar-refractivity contribution is 7.88. The van der Waals surface area contributed by atoms with Crippen LogP contribution >= 0.6 is 0 Å². The molecule has 11 heavy (non-hydrogen) atoms. The summed E-state index contributed by atoms with van der Waals surface area (Å²) in [6.45, 7) is 0.816. The van der Waals surface area contributed by atoms with Crippen LogP contribution < -0.4 is 0 Å². The molecule has 4 nitrogen and oxygen atoms in total. The highest BCUT2D eigenvalue weighted by Crippen LogP contribution is 2.03. The largest absolute Gasteiger partial charge is 0.259 e. The Hall–Kier alpha value is 0.0600. The van der Waals surface area contributed by atoms with Gasteiger partial charge in [0.2, 0.25) is 10.0 Å². The van der Waals surface area contributed by atoms with Gasteiger partial charge in [0, 0.05) is 35.4 Å². The van der Waals surface area contributed by atoms with Crippen molar-refractivity contribution >= 4 is 20.8 Å². The Morgan fingerprint density at radius 1 is 1.27 bits per heavy atom. The molecule has 0 saturated carbocycles. The molecule has 1 rings (SSSR count). The van der Waals surface area contributed by atoms with Crippen LogP contribution in [0.4, 0.5) is 0 Å². The average Bonchev–Trinajstić information content (AvgIpc) is 1.86. The third kappa shape index (κ3) is 2.53. The molecule has 0 N–H and O–H groups in total. The van der Waals surface area contributed by atoms with Crippen molar-refractivity contribution in [2.75, 3.05) is 30.9 Å². The lowest BCUT2D eigenvalue weighted by molar-refractivity contribution is 0.443. The molecule has 1 heterocycles. The molecular formula is C5H11NO3S2. The second kappa shape index (κ2) is 3.20. The molecule has 0 aromatic carbocycles. The SMILES string of the molecule is CS(=O)(=O)N1CCS(=O)CC1. The van der Waals surface area contributed by atoms with Gasteiger partial charge in [-0.15, -0.1) is 0 Å². The molecule has 1 fully saturated rings. The molecule has 1 aliphatic rings. The normalized spacial score (nSPS) is 23.7. The molecule has 0 radical (unpaired) electrons. The molecule has 1 aliphatic heterocycles. The van der Waals surface area contributed by atoms with Gasteiger partial charge in [-0.05, 0) is 0 Å². The highest BCUT2D eigenvalue weighted by atomic mass is 32.2. The van der Waals surface area contributed by atoms with E-state index in [-0.39, 0.29) is 0 Å². The van der Waals surface area contributed by atoms with Gasteiger partial charge in [-0.3, -0.25) is 4.21 Å². The fourth-order valence-electron chi connectivity index (χ4n) is 0.953. The monoisotopic (exact) mass is 197 g/mol. The van der Waals surface area contributed by atoms with Crippen LogP contribution in [-0.2, 0) is 20.8 Å². The third-order valence-corrected chi connectivity index (χ3v) is 4.18. The summed E-state index contributed by atoms with van der Waals surface area (Å²) in [4.78, 5) is 0. The lowest BCUT2D eigenvalue weighted by Gasteiger charge is -2.23.